The molecule has 44 heavy (non-hydrogen) atoms. The fraction of sp³-hybridized carbons (Fsp3) is 0.414. The Morgan fingerprint density at radius 2 is 2.00 bits per heavy atom. The maximum absolute atomic E-state index is 14.8. The van der Waals surface area contributed by atoms with Crippen LogP contribution < -0.4 is 11.1 Å². The van der Waals surface area contributed by atoms with Crippen LogP contribution in [0.3, 0.4) is 0 Å². The number of nitrogens with one attached hydrogen (secondary N) is 1. The van der Waals surface area contributed by atoms with Gasteiger partial charge in [-0.2, -0.15) is 9.49 Å². The van der Waals surface area contributed by atoms with Crippen molar-refractivity contribution in [3.8, 4) is 10.6 Å². The molecule has 3 aromatic heterocycles. The summed E-state index contributed by atoms with van der Waals surface area (Å²) in [4.78, 5) is 33.5. The van der Waals surface area contributed by atoms with Crippen LogP contribution in [0.4, 0.5) is 8.78 Å². The molecular weight excluding hydrogens is 594 g/mol. The third kappa shape index (κ3) is 7.11. The Kier molecular flexibility index (Phi) is 9.66. The van der Waals surface area contributed by atoms with Gasteiger partial charge in [-0.25, -0.2) is 19.0 Å². The number of carbonyl (C=O) groups is 2. The van der Waals surface area contributed by atoms with E-state index in [1.54, 1.807) is 22.5 Å². The minimum absolute atomic E-state index is 0.00163. The van der Waals surface area contributed by atoms with Crippen LogP contribution in [0.2, 0.25) is 0 Å². The van der Waals surface area contributed by atoms with Crippen LogP contribution in [0.1, 0.15) is 62.6 Å². The number of hydrogen-bond donors (Lipinski definition) is 2. The van der Waals surface area contributed by atoms with Crippen molar-refractivity contribution in [3.63, 3.8) is 0 Å². The number of thiazole rings is 1. The molecule has 1 saturated carbocycles. The van der Waals surface area contributed by atoms with Gasteiger partial charge in [0.15, 0.2) is 24.0 Å². The highest BCUT2D eigenvalue weighted by atomic mass is 32.1. The average molecular weight is 628 g/mol. The number of esters is 1. The molecule has 1 aliphatic carbocycles. The maximum Gasteiger partial charge on any atom is 0.324 e. The molecule has 1 fully saturated rings. The molecule has 4 heterocycles. The molecule has 0 saturated heterocycles. The molecule has 3 N–H and O–H groups in total. The summed E-state index contributed by atoms with van der Waals surface area (Å²) in [5.41, 5.74) is 7.33. The van der Waals surface area contributed by atoms with Crippen LogP contribution >= 0.6 is 11.3 Å². The minimum Gasteiger partial charge on any atom is -0.441 e. The standard InChI is InChI=1S/C29H32F2N8O4S/c1-4-42-19-7-5-18(6-8-19)39-13-21(26(37-39)25-20(30)9-10-23(31)36-25)34-27(40)22-14-44-28(35-22)17-11-33-38(12-17)15-43-29(41)24(32)16(2)3/h9-14,16,19,24H,4-8,15,32H2,1-3H3/p+1/t19?,24-/m0/s1. The van der Waals surface area contributed by atoms with Crippen LogP contribution in [0.15, 0.2) is 46.9 Å². The lowest BCUT2D eigenvalue weighted by molar-refractivity contribution is -0.461. The van der Waals surface area contributed by atoms with E-state index in [0.717, 1.165) is 30.7 Å². The lowest BCUT2D eigenvalue weighted by Crippen LogP contribution is -2.37. The third-order valence-electron chi connectivity index (χ3n) is 7.18. The number of hydrogen-bond acceptors (Lipinski definition) is 10. The van der Waals surface area contributed by atoms with E-state index in [2.05, 4.69) is 25.5 Å². The van der Waals surface area contributed by atoms with Gasteiger partial charge in [-0.3, -0.25) is 9.59 Å². The average Bonchev–Trinajstić information content (AvgIpc) is 3.77. The van der Waals surface area contributed by atoms with Gasteiger partial charge in [0.1, 0.15) is 28.1 Å². The van der Waals surface area contributed by atoms with E-state index in [0.29, 0.717) is 30.0 Å². The molecule has 0 spiro atoms. The summed E-state index contributed by atoms with van der Waals surface area (Å²) in [6.07, 6.45) is 7.92. The quantitative estimate of drug-likeness (QED) is 0.197. The fourth-order valence-corrected chi connectivity index (χ4v) is 5.46. The Hall–Kier alpha value is -4.21. The van der Waals surface area contributed by atoms with Gasteiger partial charge < -0.3 is 20.5 Å². The van der Waals surface area contributed by atoms with E-state index in [1.807, 2.05) is 20.8 Å². The predicted octanol–water partition coefficient (Wildman–Crippen LogP) is 3.59. The van der Waals surface area contributed by atoms with Gasteiger partial charge in [-0.1, -0.05) is 18.5 Å². The molecule has 1 amide bonds. The Morgan fingerprint density at radius 1 is 1.23 bits per heavy atom. The Labute approximate surface area is 256 Å². The largest absolute Gasteiger partial charge is 0.441 e. The van der Waals surface area contributed by atoms with Crippen molar-refractivity contribution in [3.05, 3.63) is 65.0 Å². The highest BCUT2D eigenvalue weighted by Crippen LogP contribution is 2.25. The summed E-state index contributed by atoms with van der Waals surface area (Å²) >= 11 is 1.21. The van der Waals surface area contributed by atoms with Gasteiger partial charge >= 0.3 is 5.97 Å². The molecule has 5 rings (SSSR count). The monoisotopic (exact) mass is 627 g/mol. The molecule has 232 valence electrons. The number of amides is 1. The molecule has 0 bridgehead atoms. The summed E-state index contributed by atoms with van der Waals surface area (Å²) in [5.74, 6) is -2.82. The fourth-order valence-electron chi connectivity index (χ4n) is 4.68. The molecule has 15 heteroatoms. The summed E-state index contributed by atoms with van der Waals surface area (Å²) in [6, 6.07) is 1.15. The second-order valence-electron chi connectivity index (χ2n) is 10.6. The molecular formula is C29H33F2N8O4S+. The lowest BCUT2D eigenvalue weighted by Gasteiger charge is -2.20. The Bertz CT molecular complexity index is 1640. The Balaban J connectivity index is 1.32. The molecule has 1 atom stereocenters. The number of nitrogens with two attached hydrogens (primary N) is 1. The van der Waals surface area contributed by atoms with Gasteiger partial charge in [-0.05, 0) is 37.8 Å². The SMILES string of the molecule is CCOC1CCC(=[N+]2C=C(NC(=O)c3csc(-c4cnn(COC(=O)[C@@H](N)C(C)C)c4)n3)C(c3nc(F)ccc3F)=N2)CC1. The summed E-state index contributed by atoms with van der Waals surface area (Å²) in [7, 11) is 0. The van der Waals surface area contributed by atoms with Crippen molar-refractivity contribution in [2.24, 2.45) is 16.8 Å². The second kappa shape index (κ2) is 13.6. The van der Waals surface area contributed by atoms with Crippen molar-refractivity contribution < 1.29 is 32.5 Å². The van der Waals surface area contributed by atoms with E-state index in [-0.39, 0.29) is 41.5 Å². The molecule has 1 aliphatic heterocycles. The highest BCUT2D eigenvalue weighted by Gasteiger charge is 2.33. The zero-order chi connectivity index (χ0) is 31.4. The molecule has 3 aromatic rings. The first kappa shape index (κ1) is 31.2. The topological polar surface area (TPSA) is 150 Å². The summed E-state index contributed by atoms with van der Waals surface area (Å²) in [5, 5.41) is 13.5. The molecule has 0 radical (unpaired) electrons. The number of aromatic nitrogens is 4. The van der Waals surface area contributed by atoms with Gasteiger partial charge in [-0.15, -0.1) is 11.3 Å². The minimum atomic E-state index is -0.875. The maximum atomic E-state index is 14.8. The zero-order valence-electron chi connectivity index (χ0n) is 24.5. The van der Waals surface area contributed by atoms with E-state index in [1.165, 1.54) is 22.2 Å². The number of rotatable bonds is 10. The van der Waals surface area contributed by atoms with E-state index >= 15 is 0 Å². The highest BCUT2D eigenvalue weighted by molar-refractivity contribution is 7.13. The van der Waals surface area contributed by atoms with Crippen LogP contribution in [0, 0.1) is 17.7 Å². The van der Waals surface area contributed by atoms with Gasteiger partial charge in [0, 0.05) is 41.7 Å². The van der Waals surface area contributed by atoms with Gasteiger partial charge in [0.25, 0.3) is 5.91 Å². The predicted molar refractivity (Wildman–Crippen MR) is 158 cm³/mol. The van der Waals surface area contributed by atoms with E-state index in [9.17, 15) is 18.4 Å². The van der Waals surface area contributed by atoms with Crippen molar-refractivity contribution in [1.82, 2.24) is 25.1 Å². The Morgan fingerprint density at radius 3 is 2.73 bits per heavy atom. The number of ether oxygens (including phenoxy) is 2. The first-order chi connectivity index (χ1) is 21.1. The van der Waals surface area contributed by atoms with E-state index < -0.39 is 29.7 Å². The van der Waals surface area contributed by atoms with Crippen LogP contribution in [-0.2, 0) is 21.0 Å². The summed E-state index contributed by atoms with van der Waals surface area (Å²) in [6.45, 7) is 6.12. The second-order valence-corrected chi connectivity index (χ2v) is 11.5. The number of carbonyl (C=O) groups excluding carboxylic acids is 2. The lowest BCUT2D eigenvalue weighted by atomic mass is 9.95. The molecule has 2 aliphatic rings. The van der Waals surface area contributed by atoms with Crippen molar-refractivity contribution in [1.29, 1.82) is 0 Å². The van der Waals surface area contributed by atoms with Crippen LogP contribution in [0.5, 0.6) is 0 Å². The first-order valence-corrected chi connectivity index (χ1v) is 15.1. The third-order valence-corrected chi connectivity index (χ3v) is 8.07. The van der Waals surface area contributed by atoms with Crippen molar-refractivity contribution in [2.45, 2.75) is 65.3 Å². The van der Waals surface area contributed by atoms with Crippen molar-refractivity contribution >= 4 is 34.6 Å². The van der Waals surface area contributed by atoms with E-state index in [4.69, 9.17) is 15.2 Å². The van der Waals surface area contributed by atoms with Crippen LogP contribution in [0.25, 0.3) is 10.6 Å². The normalized spacial score (nSPS) is 17.5. The number of hydrazone groups is 1. The number of allylic oxidation sites excluding steroid dienone is 1. The first-order valence-electron chi connectivity index (χ1n) is 14.2. The van der Waals surface area contributed by atoms with Gasteiger partial charge in [0.2, 0.25) is 12.1 Å². The molecule has 12 nitrogen and oxygen atoms in total. The summed E-state index contributed by atoms with van der Waals surface area (Å²) < 4.78 is 42.8. The van der Waals surface area contributed by atoms with Gasteiger partial charge in [0.05, 0.1) is 12.3 Å². The van der Waals surface area contributed by atoms with Crippen molar-refractivity contribution in [2.75, 3.05) is 6.61 Å². The number of halogens is 2. The smallest absolute Gasteiger partial charge is 0.324 e. The molecule has 0 unspecified atom stereocenters. The van der Waals surface area contributed by atoms with Crippen LogP contribution in [-0.4, -0.2) is 66.5 Å². The number of nitrogens with zero attached hydrogens (tertiary/aromatic N) is 6. The number of pyridine rings is 1. The zero-order valence-corrected chi connectivity index (χ0v) is 25.3. The molecule has 0 aromatic carbocycles.